The van der Waals surface area contributed by atoms with Crippen molar-refractivity contribution in [3.8, 4) is 0 Å². The van der Waals surface area contributed by atoms with Crippen molar-refractivity contribution in [2.75, 3.05) is 14.2 Å². The lowest BCUT2D eigenvalue weighted by atomic mass is 9.97. The van der Waals surface area contributed by atoms with Gasteiger partial charge in [-0.25, -0.2) is 4.79 Å². The highest BCUT2D eigenvalue weighted by atomic mass is 16.5. The van der Waals surface area contributed by atoms with Gasteiger partial charge in [0.25, 0.3) is 0 Å². The molecule has 0 aliphatic rings. The maximum atomic E-state index is 11.9. The van der Waals surface area contributed by atoms with Gasteiger partial charge in [-0.3, -0.25) is 9.59 Å². The maximum absolute atomic E-state index is 11.9. The summed E-state index contributed by atoms with van der Waals surface area (Å²) in [4.78, 5) is 34.9. The predicted octanol–water partition coefficient (Wildman–Crippen LogP) is 0.250. The second kappa shape index (κ2) is 9.33. The molecule has 0 aromatic rings. The Labute approximate surface area is 125 Å². The second-order valence-electron chi connectivity index (χ2n) is 5.41. The number of rotatable bonds is 8. The number of esters is 2. The van der Waals surface area contributed by atoms with Crippen molar-refractivity contribution < 1.29 is 29.0 Å². The summed E-state index contributed by atoms with van der Waals surface area (Å²) in [6, 6.07) is -1.01. The fourth-order valence-electron chi connectivity index (χ4n) is 1.83. The van der Waals surface area contributed by atoms with Crippen molar-refractivity contribution >= 4 is 17.8 Å². The van der Waals surface area contributed by atoms with E-state index in [-0.39, 0.29) is 18.8 Å². The molecule has 1 amide bonds. The monoisotopic (exact) mass is 303 g/mol. The van der Waals surface area contributed by atoms with Crippen LogP contribution in [0.1, 0.15) is 33.6 Å². The van der Waals surface area contributed by atoms with Crippen LogP contribution in [0.15, 0.2) is 0 Å². The summed E-state index contributed by atoms with van der Waals surface area (Å²) >= 11 is 0. The van der Waals surface area contributed by atoms with Crippen LogP contribution in [0.4, 0.5) is 0 Å². The van der Waals surface area contributed by atoms with E-state index in [0.717, 1.165) is 0 Å². The van der Waals surface area contributed by atoms with E-state index in [1.165, 1.54) is 14.2 Å². The third-order valence-electron chi connectivity index (χ3n) is 3.04. The Morgan fingerprint density at radius 1 is 1.10 bits per heavy atom. The number of methoxy groups -OCH3 is 2. The van der Waals surface area contributed by atoms with Crippen LogP contribution >= 0.6 is 0 Å². The average molecular weight is 303 g/mol. The molecule has 0 radical (unpaired) electrons. The summed E-state index contributed by atoms with van der Waals surface area (Å²) in [5.41, 5.74) is 0. The number of carbonyl (C=O) groups is 3. The first-order chi connectivity index (χ1) is 9.72. The highest BCUT2D eigenvalue weighted by Gasteiger charge is 2.31. The van der Waals surface area contributed by atoms with E-state index in [0.29, 0.717) is 0 Å². The Bertz CT molecular complexity index is 368. The van der Waals surface area contributed by atoms with Gasteiger partial charge in [0.1, 0.15) is 12.1 Å². The van der Waals surface area contributed by atoms with Crippen LogP contribution in [-0.4, -0.2) is 49.3 Å². The molecule has 0 aromatic heterocycles. The normalized spacial score (nSPS) is 15.0. The Kier molecular flexibility index (Phi) is 8.61. The first-order valence-corrected chi connectivity index (χ1v) is 6.86. The minimum Gasteiger partial charge on any atom is -0.469 e. The number of carbonyl (C=O) groups excluding carboxylic acids is 3. The van der Waals surface area contributed by atoms with Crippen molar-refractivity contribution in [2.24, 2.45) is 11.8 Å². The molecule has 0 fully saturated rings. The van der Waals surface area contributed by atoms with Gasteiger partial charge in [-0.2, -0.15) is 0 Å². The molecule has 21 heavy (non-hydrogen) atoms. The molecule has 0 saturated heterocycles. The molecule has 0 spiro atoms. The molecule has 122 valence electrons. The molecule has 0 saturated carbocycles. The van der Waals surface area contributed by atoms with Crippen LogP contribution in [0.5, 0.6) is 0 Å². The molecular weight excluding hydrogens is 278 g/mol. The SMILES string of the molecule is COC(=O)C[C@H](C)[C@@H](NC(=O)[C@@H](O)CC(C)C)C(=O)OC. The largest absolute Gasteiger partial charge is 0.469 e. The third kappa shape index (κ3) is 7.08. The smallest absolute Gasteiger partial charge is 0.328 e. The van der Waals surface area contributed by atoms with Crippen LogP contribution in [0, 0.1) is 11.8 Å². The van der Waals surface area contributed by atoms with Gasteiger partial charge in [0.05, 0.1) is 20.6 Å². The predicted molar refractivity (Wildman–Crippen MR) is 75.2 cm³/mol. The molecular formula is C14H25NO6. The molecule has 7 heteroatoms. The van der Waals surface area contributed by atoms with Crippen molar-refractivity contribution in [3.63, 3.8) is 0 Å². The fraction of sp³-hybridized carbons (Fsp3) is 0.786. The van der Waals surface area contributed by atoms with Crippen molar-refractivity contribution in [2.45, 2.75) is 45.8 Å². The van der Waals surface area contributed by atoms with Gasteiger partial charge >= 0.3 is 11.9 Å². The molecule has 0 aliphatic carbocycles. The van der Waals surface area contributed by atoms with Gasteiger partial charge in [0, 0.05) is 0 Å². The lowest BCUT2D eigenvalue weighted by molar-refractivity contribution is -0.149. The van der Waals surface area contributed by atoms with E-state index < -0.39 is 35.9 Å². The van der Waals surface area contributed by atoms with E-state index in [2.05, 4.69) is 14.8 Å². The minimum atomic E-state index is -1.21. The molecule has 0 rings (SSSR count). The number of ether oxygens (including phenoxy) is 2. The van der Waals surface area contributed by atoms with Gasteiger partial charge in [-0.15, -0.1) is 0 Å². The van der Waals surface area contributed by atoms with Crippen LogP contribution in [0.3, 0.4) is 0 Å². The topological polar surface area (TPSA) is 102 Å². The van der Waals surface area contributed by atoms with Gasteiger partial charge in [0.2, 0.25) is 5.91 Å². The van der Waals surface area contributed by atoms with Crippen molar-refractivity contribution in [3.05, 3.63) is 0 Å². The maximum Gasteiger partial charge on any atom is 0.328 e. The lowest BCUT2D eigenvalue weighted by Gasteiger charge is -2.23. The summed E-state index contributed by atoms with van der Waals surface area (Å²) in [6.07, 6.45) is -0.968. The highest BCUT2D eigenvalue weighted by molar-refractivity contribution is 5.87. The van der Waals surface area contributed by atoms with E-state index in [4.69, 9.17) is 0 Å². The summed E-state index contributed by atoms with van der Waals surface area (Å²) in [7, 11) is 2.43. The van der Waals surface area contributed by atoms with Crippen molar-refractivity contribution in [1.82, 2.24) is 5.32 Å². The summed E-state index contributed by atoms with van der Waals surface area (Å²) in [5.74, 6) is -2.20. The number of hydrogen-bond donors (Lipinski definition) is 2. The molecule has 7 nitrogen and oxygen atoms in total. The summed E-state index contributed by atoms with van der Waals surface area (Å²) < 4.78 is 9.16. The number of aliphatic hydroxyl groups excluding tert-OH is 1. The Morgan fingerprint density at radius 2 is 1.67 bits per heavy atom. The molecule has 0 unspecified atom stereocenters. The lowest BCUT2D eigenvalue weighted by Crippen LogP contribution is -2.49. The first kappa shape index (κ1) is 19.4. The van der Waals surface area contributed by atoms with Gasteiger partial charge in [-0.1, -0.05) is 20.8 Å². The first-order valence-electron chi connectivity index (χ1n) is 6.86. The van der Waals surface area contributed by atoms with E-state index >= 15 is 0 Å². The highest BCUT2D eigenvalue weighted by Crippen LogP contribution is 2.12. The zero-order chi connectivity index (χ0) is 16.6. The molecule has 0 aliphatic heterocycles. The average Bonchev–Trinajstić information content (AvgIpc) is 2.42. The summed E-state index contributed by atoms with van der Waals surface area (Å²) in [6.45, 7) is 5.36. The molecule has 3 atom stereocenters. The van der Waals surface area contributed by atoms with Gasteiger partial charge in [0.15, 0.2) is 0 Å². The third-order valence-corrected chi connectivity index (χ3v) is 3.04. The Morgan fingerprint density at radius 3 is 2.10 bits per heavy atom. The van der Waals surface area contributed by atoms with Crippen LogP contribution in [0.2, 0.25) is 0 Å². The minimum absolute atomic E-state index is 0.0448. The van der Waals surface area contributed by atoms with E-state index in [9.17, 15) is 19.5 Å². The Hall–Kier alpha value is -1.63. The molecule has 2 N–H and O–H groups in total. The van der Waals surface area contributed by atoms with Gasteiger partial charge < -0.3 is 19.9 Å². The molecule has 0 heterocycles. The zero-order valence-corrected chi connectivity index (χ0v) is 13.2. The number of hydrogen-bond acceptors (Lipinski definition) is 6. The molecule has 0 aromatic carbocycles. The quantitative estimate of drug-likeness (QED) is 0.623. The van der Waals surface area contributed by atoms with Crippen LogP contribution in [-0.2, 0) is 23.9 Å². The molecule has 0 bridgehead atoms. The van der Waals surface area contributed by atoms with Gasteiger partial charge in [-0.05, 0) is 18.3 Å². The Balaban J connectivity index is 4.80. The number of amides is 1. The van der Waals surface area contributed by atoms with E-state index in [1.807, 2.05) is 13.8 Å². The fourth-order valence-corrected chi connectivity index (χ4v) is 1.83. The number of nitrogens with one attached hydrogen (secondary N) is 1. The second-order valence-corrected chi connectivity index (χ2v) is 5.41. The number of aliphatic hydroxyl groups is 1. The zero-order valence-electron chi connectivity index (χ0n) is 13.2. The van der Waals surface area contributed by atoms with Crippen LogP contribution in [0.25, 0.3) is 0 Å². The van der Waals surface area contributed by atoms with Crippen molar-refractivity contribution in [1.29, 1.82) is 0 Å². The standard InChI is InChI=1S/C14H25NO6/c1-8(2)6-10(16)13(18)15-12(14(19)21-5)9(3)7-11(17)20-4/h8-10,12,16H,6-7H2,1-5H3,(H,15,18)/t9-,10-,12+/m0/s1. The van der Waals surface area contributed by atoms with Crippen LogP contribution < -0.4 is 5.32 Å². The summed E-state index contributed by atoms with van der Waals surface area (Å²) in [5, 5.41) is 12.2. The van der Waals surface area contributed by atoms with E-state index in [1.54, 1.807) is 6.92 Å².